The van der Waals surface area contributed by atoms with E-state index in [0.717, 1.165) is 0 Å². The average Bonchev–Trinajstić information content (AvgIpc) is 1.83. The van der Waals surface area contributed by atoms with E-state index < -0.39 is 5.92 Å². The fraction of sp³-hybridized carbons (Fsp3) is 1.00. The van der Waals surface area contributed by atoms with Crippen LogP contribution in [0.3, 0.4) is 0 Å². The van der Waals surface area contributed by atoms with Crippen molar-refractivity contribution in [2.45, 2.75) is 25.7 Å². The normalized spacial score (nSPS) is 26.2. The van der Waals surface area contributed by atoms with E-state index in [4.69, 9.17) is 5.90 Å². The van der Waals surface area contributed by atoms with Gasteiger partial charge in [0.05, 0.1) is 6.61 Å². The maximum absolute atomic E-state index is 12.3. The van der Waals surface area contributed by atoms with Crippen molar-refractivity contribution in [1.29, 1.82) is 0 Å². The topological polar surface area (TPSA) is 35.2 Å². The maximum Gasteiger partial charge on any atom is 0.248 e. The van der Waals surface area contributed by atoms with Crippen LogP contribution in [0.25, 0.3) is 0 Å². The molecule has 0 aromatic rings. The Balaban J connectivity index is 2.21. The summed E-state index contributed by atoms with van der Waals surface area (Å²) in [4.78, 5) is 4.38. The third kappa shape index (κ3) is 2.10. The maximum atomic E-state index is 12.3. The van der Waals surface area contributed by atoms with Gasteiger partial charge in [0, 0.05) is 12.8 Å². The Labute approximate surface area is 64.7 Å². The third-order valence-corrected chi connectivity index (χ3v) is 2.29. The first-order valence-electron chi connectivity index (χ1n) is 3.74. The molecule has 1 fully saturated rings. The van der Waals surface area contributed by atoms with Crippen molar-refractivity contribution in [3.8, 4) is 0 Å². The summed E-state index contributed by atoms with van der Waals surface area (Å²) in [5.74, 6) is 2.65. The van der Waals surface area contributed by atoms with Gasteiger partial charge in [-0.05, 0) is 11.8 Å². The van der Waals surface area contributed by atoms with Crippen molar-refractivity contribution < 1.29 is 13.6 Å². The summed E-state index contributed by atoms with van der Waals surface area (Å²) in [6.07, 6.45) is -0.00491. The van der Waals surface area contributed by atoms with E-state index in [0.29, 0.717) is 6.61 Å². The molecule has 0 aliphatic heterocycles. The Kier molecular flexibility index (Phi) is 2.44. The minimum absolute atomic E-state index is 0.00245. The molecule has 1 atom stereocenters. The molecule has 2 nitrogen and oxygen atoms in total. The van der Waals surface area contributed by atoms with Crippen molar-refractivity contribution in [2.75, 3.05) is 6.61 Å². The smallest absolute Gasteiger partial charge is 0.248 e. The lowest BCUT2D eigenvalue weighted by molar-refractivity contribution is -0.131. The monoisotopic (exact) mass is 165 g/mol. The molecule has 1 aliphatic carbocycles. The van der Waals surface area contributed by atoms with E-state index in [9.17, 15) is 8.78 Å². The highest BCUT2D eigenvalue weighted by atomic mass is 19.3. The van der Waals surface area contributed by atoms with E-state index >= 15 is 0 Å². The standard InChI is InChI=1S/C7H13F2NO/c1-5(4-11-10)6-2-7(8,9)3-6/h5-6H,2-4,10H2,1H3. The summed E-state index contributed by atoms with van der Waals surface area (Å²) < 4.78 is 24.6. The van der Waals surface area contributed by atoms with Crippen molar-refractivity contribution in [3.63, 3.8) is 0 Å². The van der Waals surface area contributed by atoms with Crippen molar-refractivity contribution >= 4 is 0 Å². The Morgan fingerprint density at radius 3 is 2.55 bits per heavy atom. The molecule has 0 amide bonds. The van der Waals surface area contributed by atoms with E-state index in [-0.39, 0.29) is 24.7 Å². The molecule has 1 unspecified atom stereocenters. The highest BCUT2D eigenvalue weighted by molar-refractivity contribution is 4.88. The number of halogens is 2. The van der Waals surface area contributed by atoms with Crippen molar-refractivity contribution in [1.82, 2.24) is 0 Å². The second-order valence-electron chi connectivity index (χ2n) is 3.33. The number of hydrogen-bond acceptors (Lipinski definition) is 2. The first kappa shape index (κ1) is 8.87. The van der Waals surface area contributed by atoms with Gasteiger partial charge in [0.2, 0.25) is 5.92 Å². The van der Waals surface area contributed by atoms with Crippen LogP contribution in [0.2, 0.25) is 0 Å². The molecule has 0 heterocycles. The minimum Gasteiger partial charge on any atom is -0.304 e. The fourth-order valence-electron chi connectivity index (χ4n) is 1.40. The summed E-state index contributed by atoms with van der Waals surface area (Å²) in [6, 6.07) is 0. The van der Waals surface area contributed by atoms with Crippen LogP contribution >= 0.6 is 0 Å². The molecule has 0 aromatic carbocycles. The van der Waals surface area contributed by atoms with Crippen molar-refractivity contribution in [2.24, 2.45) is 17.7 Å². The number of nitrogens with two attached hydrogens (primary N) is 1. The lowest BCUT2D eigenvalue weighted by atomic mass is 9.74. The van der Waals surface area contributed by atoms with Crippen LogP contribution in [0.1, 0.15) is 19.8 Å². The summed E-state index contributed by atoms with van der Waals surface area (Å²) in [7, 11) is 0. The minimum atomic E-state index is -2.42. The van der Waals surface area contributed by atoms with Crippen LogP contribution in [0.4, 0.5) is 8.78 Å². The van der Waals surface area contributed by atoms with Gasteiger partial charge in [-0.3, -0.25) is 0 Å². The van der Waals surface area contributed by atoms with Gasteiger partial charge in [-0.1, -0.05) is 6.92 Å². The van der Waals surface area contributed by atoms with Gasteiger partial charge in [0.1, 0.15) is 0 Å². The molecular weight excluding hydrogens is 152 g/mol. The van der Waals surface area contributed by atoms with Crippen LogP contribution in [0.5, 0.6) is 0 Å². The molecule has 0 saturated heterocycles. The van der Waals surface area contributed by atoms with E-state index in [1.54, 1.807) is 0 Å². The van der Waals surface area contributed by atoms with Crippen molar-refractivity contribution in [3.05, 3.63) is 0 Å². The van der Waals surface area contributed by atoms with Gasteiger partial charge < -0.3 is 4.84 Å². The molecule has 1 saturated carbocycles. The predicted molar refractivity (Wildman–Crippen MR) is 37.0 cm³/mol. The molecule has 0 radical (unpaired) electrons. The first-order chi connectivity index (χ1) is 5.05. The van der Waals surface area contributed by atoms with Gasteiger partial charge >= 0.3 is 0 Å². The van der Waals surface area contributed by atoms with E-state index in [2.05, 4.69) is 4.84 Å². The molecule has 0 bridgehead atoms. The van der Waals surface area contributed by atoms with Gasteiger partial charge in [0.25, 0.3) is 0 Å². The van der Waals surface area contributed by atoms with Crippen LogP contribution in [-0.4, -0.2) is 12.5 Å². The third-order valence-electron chi connectivity index (χ3n) is 2.29. The number of rotatable bonds is 3. The summed E-state index contributed by atoms with van der Waals surface area (Å²) in [5.41, 5.74) is 0. The first-order valence-corrected chi connectivity index (χ1v) is 3.74. The van der Waals surface area contributed by atoms with E-state index in [1.807, 2.05) is 6.92 Å². The SMILES string of the molecule is CC(CON)C1CC(F)(F)C1. The largest absolute Gasteiger partial charge is 0.304 e. The lowest BCUT2D eigenvalue weighted by Gasteiger charge is -2.38. The molecule has 4 heteroatoms. The van der Waals surface area contributed by atoms with Gasteiger partial charge in [0.15, 0.2) is 0 Å². The van der Waals surface area contributed by atoms with E-state index in [1.165, 1.54) is 0 Å². The zero-order valence-electron chi connectivity index (χ0n) is 6.52. The Morgan fingerprint density at radius 1 is 1.64 bits per heavy atom. The quantitative estimate of drug-likeness (QED) is 0.644. The summed E-state index contributed by atoms with van der Waals surface area (Å²) >= 11 is 0. The molecule has 1 rings (SSSR count). The zero-order chi connectivity index (χ0) is 8.48. The molecule has 1 aliphatic rings. The predicted octanol–water partition coefficient (Wildman–Crippen LogP) is 1.56. The Morgan fingerprint density at radius 2 is 2.18 bits per heavy atom. The average molecular weight is 165 g/mol. The molecule has 11 heavy (non-hydrogen) atoms. The lowest BCUT2D eigenvalue weighted by Crippen LogP contribution is -2.40. The fourth-order valence-corrected chi connectivity index (χ4v) is 1.40. The molecule has 2 N–H and O–H groups in total. The van der Waals surface area contributed by atoms with Crippen LogP contribution in [0.15, 0.2) is 0 Å². The number of hydrogen-bond donors (Lipinski definition) is 1. The summed E-state index contributed by atoms with van der Waals surface area (Å²) in [6.45, 7) is 2.26. The van der Waals surface area contributed by atoms with Gasteiger partial charge in [-0.2, -0.15) is 0 Å². The Bertz CT molecular complexity index is 132. The van der Waals surface area contributed by atoms with Gasteiger partial charge in [-0.25, -0.2) is 14.7 Å². The Hall–Kier alpha value is -0.220. The number of alkyl halides is 2. The second kappa shape index (κ2) is 3.03. The van der Waals surface area contributed by atoms with Crippen LogP contribution in [0, 0.1) is 11.8 Å². The molecular formula is C7H13F2NO. The summed E-state index contributed by atoms with van der Waals surface area (Å²) in [5, 5.41) is 0. The highest BCUT2D eigenvalue weighted by Crippen LogP contribution is 2.45. The molecule has 0 spiro atoms. The van der Waals surface area contributed by atoms with Gasteiger partial charge in [-0.15, -0.1) is 0 Å². The molecule has 66 valence electrons. The van der Waals surface area contributed by atoms with Crippen LogP contribution < -0.4 is 5.90 Å². The second-order valence-corrected chi connectivity index (χ2v) is 3.33. The highest BCUT2D eigenvalue weighted by Gasteiger charge is 2.47. The molecule has 0 aromatic heterocycles. The zero-order valence-corrected chi connectivity index (χ0v) is 6.52. The van der Waals surface area contributed by atoms with Crippen LogP contribution in [-0.2, 0) is 4.84 Å².